The van der Waals surface area contributed by atoms with Gasteiger partial charge >= 0.3 is 0 Å². The molecule has 4 aromatic rings. The summed E-state index contributed by atoms with van der Waals surface area (Å²) in [4.78, 5) is 16.6. The Bertz CT molecular complexity index is 959. The summed E-state index contributed by atoms with van der Waals surface area (Å²) in [5, 5.41) is 10.8. The fourth-order valence-electron chi connectivity index (χ4n) is 2.25. The Kier molecular flexibility index (Phi) is 3.72. The molecule has 0 aliphatic carbocycles. The fourth-order valence-corrected chi connectivity index (χ4v) is 4.12. The van der Waals surface area contributed by atoms with E-state index in [0.717, 1.165) is 31.1 Å². The number of benzene rings is 2. The van der Waals surface area contributed by atoms with Gasteiger partial charge in [-0.15, -0.1) is 11.3 Å². The van der Waals surface area contributed by atoms with Gasteiger partial charge in [0, 0.05) is 11.1 Å². The van der Waals surface area contributed by atoms with E-state index in [2.05, 4.69) is 20.5 Å². The summed E-state index contributed by atoms with van der Waals surface area (Å²) < 4.78 is 2.05. The summed E-state index contributed by atoms with van der Waals surface area (Å²) in [5.41, 5.74) is 2.64. The van der Waals surface area contributed by atoms with Crippen LogP contribution in [0, 0.1) is 0 Å². The van der Waals surface area contributed by atoms with Crippen molar-refractivity contribution in [3.63, 3.8) is 0 Å². The molecule has 0 saturated heterocycles. The molecular formula is C16H12N4OS2. The molecule has 0 saturated carbocycles. The Labute approximate surface area is 140 Å². The molecule has 0 aliphatic heterocycles. The van der Waals surface area contributed by atoms with Crippen LogP contribution in [0.5, 0.6) is 0 Å². The summed E-state index contributed by atoms with van der Waals surface area (Å²) in [5.74, 6) is 0.286. The molecule has 2 aromatic heterocycles. The lowest BCUT2D eigenvalue weighted by Gasteiger charge is -2.04. The molecule has 2 aromatic carbocycles. The summed E-state index contributed by atoms with van der Waals surface area (Å²) in [7, 11) is 0. The zero-order valence-electron chi connectivity index (χ0n) is 11.9. The van der Waals surface area contributed by atoms with E-state index in [9.17, 15) is 4.79 Å². The van der Waals surface area contributed by atoms with Crippen molar-refractivity contribution < 1.29 is 4.79 Å². The SMILES string of the molecule is O=C(CSc1nc2ccccc2s1)Nc1ccc2cn[nH]c2c1. The number of amides is 1. The van der Waals surface area contributed by atoms with Gasteiger partial charge in [0.15, 0.2) is 4.34 Å². The Morgan fingerprint density at radius 1 is 1.26 bits per heavy atom. The van der Waals surface area contributed by atoms with E-state index < -0.39 is 0 Å². The second kappa shape index (κ2) is 6.02. The third kappa shape index (κ3) is 3.06. The van der Waals surface area contributed by atoms with E-state index in [1.807, 2.05) is 42.5 Å². The number of carbonyl (C=O) groups is 1. The predicted molar refractivity (Wildman–Crippen MR) is 95.1 cm³/mol. The van der Waals surface area contributed by atoms with Gasteiger partial charge in [0.05, 0.1) is 27.7 Å². The minimum atomic E-state index is -0.0480. The smallest absolute Gasteiger partial charge is 0.234 e. The van der Waals surface area contributed by atoms with Crippen LogP contribution in [0.1, 0.15) is 0 Å². The van der Waals surface area contributed by atoms with Gasteiger partial charge in [-0.2, -0.15) is 5.10 Å². The van der Waals surface area contributed by atoms with E-state index in [1.54, 1.807) is 17.5 Å². The van der Waals surface area contributed by atoms with Crippen LogP contribution in [0.25, 0.3) is 21.1 Å². The van der Waals surface area contributed by atoms with Crippen LogP contribution >= 0.6 is 23.1 Å². The van der Waals surface area contributed by atoms with Gasteiger partial charge in [0.1, 0.15) is 0 Å². The van der Waals surface area contributed by atoms with Crippen LogP contribution in [-0.2, 0) is 4.79 Å². The number of anilines is 1. The van der Waals surface area contributed by atoms with Gasteiger partial charge in [0.25, 0.3) is 0 Å². The van der Waals surface area contributed by atoms with Crippen LogP contribution in [0.2, 0.25) is 0 Å². The van der Waals surface area contributed by atoms with Gasteiger partial charge in [0.2, 0.25) is 5.91 Å². The molecule has 4 rings (SSSR count). The number of rotatable bonds is 4. The molecule has 23 heavy (non-hydrogen) atoms. The summed E-state index contributed by atoms with van der Waals surface area (Å²) in [6, 6.07) is 13.7. The number of thioether (sulfide) groups is 1. The molecule has 114 valence electrons. The molecule has 5 nitrogen and oxygen atoms in total. The topological polar surface area (TPSA) is 70.7 Å². The lowest BCUT2D eigenvalue weighted by atomic mass is 10.2. The van der Waals surface area contributed by atoms with Crippen LogP contribution in [0.4, 0.5) is 5.69 Å². The average Bonchev–Trinajstić information content (AvgIpc) is 3.18. The van der Waals surface area contributed by atoms with Crippen molar-refractivity contribution >= 4 is 55.8 Å². The lowest BCUT2D eigenvalue weighted by Crippen LogP contribution is -2.13. The van der Waals surface area contributed by atoms with E-state index in [4.69, 9.17) is 0 Å². The summed E-state index contributed by atoms with van der Waals surface area (Å²) in [6.45, 7) is 0. The number of hydrogen-bond acceptors (Lipinski definition) is 5. The van der Waals surface area contributed by atoms with Crippen LogP contribution in [0.3, 0.4) is 0 Å². The number of carbonyl (C=O) groups excluding carboxylic acids is 1. The number of thiazole rings is 1. The standard InChI is InChI=1S/C16H12N4OS2/c21-15(18-11-6-5-10-8-17-20-13(10)7-11)9-22-16-19-12-3-1-2-4-14(12)23-16/h1-8H,9H2,(H,17,20)(H,18,21). The fraction of sp³-hybridized carbons (Fsp3) is 0.0625. The second-order valence-corrected chi connectivity index (χ2v) is 7.21. The minimum absolute atomic E-state index is 0.0480. The highest BCUT2D eigenvalue weighted by Gasteiger charge is 2.08. The summed E-state index contributed by atoms with van der Waals surface area (Å²) in [6.07, 6.45) is 1.75. The molecular weight excluding hydrogens is 328 g/mol. The number of nitrogens with zero attached hydrogens (tertiary/aromatic N) is 2. The normalized spacial score (nSPS) is 11.1. The van der Waals surface area contributed by atoms with Crippen molar-refractivity contribution in [2.24, 2.45) is 0 Å². The molecule has 7 heteroatoms. The van der Waals surface area contributed by atoms with Crippen LogP contribution < -0.4 is 5.32 Å². The lowest BCUT2D eigenvalue weighted by molar-refractivity contribution is -0.113. The first-order chi connectivity index (χ1) is 11.3. The molecule has 2 N–H and O–H groups in total. The number of fused-ring (bicyclic) bond motifs is 2. The van der Waals surface area contributed by atoms with E-state index >= 15 is 0 Å². The number of para-hydroxylation sites is 1. The summed E-state index contributed by atoms with van der Waals surface area (Å²) >= 11 is 3.06. The zero-order valence-corrected chi connectivity index (χ0v) is 13.6. The third-order valence-corrected chi connectivity index (χ3v) is 5.51. The third-order valence-electron chi connectivity index (χ3n) is 3.33. The van der Waals surface area contributed by atoms with E-state index in [0.29, 0.717) is 5.75 Å². The maximum Gasteiger partial charge on any atom is 0.234 e. The maximum absolute atomic E-state index is 12.1. The number of nitrogens with one attached hydrogen (secondary N) is 2. The van der Waals surface area contributed by atoms with Gasteiger partial charge < -0.3 is 5.32 Å². The molecule has 2 heterocycles. The molecule has 0 radical (unpaired) electrons. The van der Waals surface area contributed by atoms with Crippen molar-refractivity contribution in [2.75, 3.05) is 11.1 Å². The van der Waals surface area contributed by atoms with Crippen molar-refractivity contribution in [3.05, 3.63) is 48.7 Å². The van der Waals surface area contributed by atoms with Crippen molar-refractivity contribution in [2.45, 2.75) is 4.34 Å². The van der Waals surface area contributed by atoms with Crippen molar-refractivity contribution in [1.29, 1.82) is 0 Å². The van der Waals surface area contributed by atoms with Crippen LogP contribution in [0.15, 0.2) is 53.0 Å². The highest BCUT2D eigenvalue weighted by atomic mass is 32.2. The first-order valence-corrected chi connectivity index (χ1v) is 8.79. The average molecular weight is 340 g/mol. The quantitative estimate of drug-likeness (QED) is 0.553. The first-order valence-electron chi connectivity index (χ1n) is 6.99. The highest BCUT2D eigenvalue weighted by Crippen LogP contribution is 2.29. The highest BCUT2D eigenvalue weighted by molar-refractivity contribution is 8.01. The van der Waals surface area contributed by atoms with Crippen molar-refractivity contribution in [3.8, 4) is 0 Å². The zero-order chi connectivity index (χ0) is 15.6. The molecule has 0 fully saturated rings. The minimum Gasteiger partial charge on any atom is -0.325 e. The monoisotopic (exact) mass is 340 g/mol. The molecule has 0 spiro atoms. The van der Waals surface area contributed by atoms with Gasteiger partial charge in [-0.25, -0.2) is 4.98 Å². The molecule has 0 bridgehead atoms. The number of aromatic nitrogens is 3. The van der Waals surface area contributed by atoms with Gasteiger partial charge in [-0.1, -0.05) is 23.9 Å². The maximum atomic E-state index is 12.1. The molecule has 1 amide bonds. The predicted octanol–water partition coefficient (Wildman–Crippen LogP) is 3.90. The first kappa shape index (κ1) is 14.2. The number of H-pyrrole nitrogens is 1. The second-order valence-electron chi connectivity index (χ2n) is 4.96. The van der Waals surface area contributed by atoms with E-state index in [1.165, 1.54) is 11.8 Å². The van der Waals surface area contributed by atoms with Crippen molar-refractivity contribution in [1.82, 2.24) is 15.2 Å². The van der Waals surface area contributed by atoms with E-state index in [-0.39, 0.29) is 5.91 Å². The number of hydrogen-bond donors (Lipinski definition) is 2. The Morgan fingerprint density at radius 2 is 2.17 bits per heavy atom. The Morgan fingerprint density at radius 3 is 3.09 bits per heavy atom. The molecule has 0 aliphatic rings. The molecule has 0 atom stereocenters. The van der Waals surface area contributed by atoms with Crippen LogP contribution in [-0.4, -0.2) is 26.8 Å². The Balaban J connectivity index is 1.41. The largest absolute Gasteiger partial charge is 0.325 e. The molecule has 0 unspecified atom stereocenters. The number of aromatic amines is 1. The van der Waals surface area contributed by atoms with Gasteiger partial charge in [-0.05, 0) is 30.3 Å². The van der Waals surface area contributed by atoms with Gasteiger partial charge in [-0.3, -0.25) is 9.89 Å². The Hall–Kier alpha value is -2.38.